The molecule has 0 saturated carbocycles. The summed E-state index contributed by atoms with van der Waals surface area (Å²) in [5, 5.41) is 8.63. The average molecular weight is 313 g/mol. The van der Waals surface area contributed by atoms with Crippen LogP contribution in [0.3, 0.4) is 0 Å². The molecule has 0 atom stereocenters. The normalized spacial score (nSPS) is 12.3. The molecule has 0 radical (unpaired) electrons. The van der Waals surface area contributed by atoms with Crippen molar-refractivity contribution in [3.05, 3.63) is 29.8 Å². The van der Waals surface area contributed by atoms with Crippen LogP contribution in [0, 0.1) is 12.3 Å². The van der Waals surface area contributed by atoms with E-state index in [-0.39, 0.29) is 23.3 Å². The highest BCUT2D eigenvalue weighted by molar-refractivity contribution is 7.89. The highest BCUT2D eigenvalue weighted by Crippen LogP contribution is 2.23. The fourth-order valence-corrected chi connectivity index (χ4v) is 3.14. The number of aliphatic carboxylic acids is 1. The zero-order chi connectivity index (χ0) is 16.1. The summed E-state index contributed by atoms with van der Waals surface area (Å²) >= 11 is 0. The van der Waals surface area contributed by atoms with Gasteiger partial charge in [-0.1, -0.05) is 31.5 Å². The van der Waals surface area contributed by atoms with Crippen LogP contribution in [-0.4, -0.2) is 26.0 Å². The minimum atomic E-state index is -3.52. The van der Waals surface area contributed by atoms with Crippen molar-refractivity contribution in [2.24, 2.45) is 5.41 Å². The van der Waals surface area contributed by atoms with E-state index in [0.717, 1.165) is 5.56 Å². The molecule has 6 heteroatoms. The molecule has 118 valence electrons. The van der Waals surface area contributed by atoms with E-state index in [1.54, 1.807) is 24.3 Å². The lowest BCUT2D eigenvalue weighted by Gasteiger charge is -2.24. The van der Waals surface area contributed by atoms with E-state index in [0.29, 0.717) is 12.8 Å². The van der Waals surface area contributed by atoms with Gasteiger partial charge in [-0.2, -0.15) is 0 Å². The topological polar surface area (TPSA) is 83.5 Å². The van der Waals surface area contributed by atoms with Crippen LogP contribution < -0.4 is 4.72 Å². The zero-order valence-corrected chi connectivity index (χ0v) is 13.5. The number of hydrogen-bond acceptors (Lipinski definition) is 3. The van der Waals surface area contributed by atoms with E-state index in [4.69, 9.17) is 5.11 Å². The van der Waals surface area contributed by atoms with Crippen LogP contribution in [0.4, 0.5) is 0 Å². The summed E-state index contributed by atoms with van der Waals surface area (Å²) < 4.78 is 26.9. The predicted octanol–water partition coefficient (Wildman–Crippen LogP) is 2.55. The van der Waals surface area contributed by atoms with Crippen molar-refractivity contribution in [3.8, 4) is 0 Å². The highest BCUT2D eigenvalue weighted by Gasteiger charge is 2.22. The zero-order valence-electron chi connectivity index (χ0n) is 12.7. The molecule has 5 nitrogen and oxygen atoms in total. The van der Waals surface area contributed by atoms with Gasteiger partial charge in [-0.25, -0.2) is 13.1 Å². The number of hydrogen-bond donors (Lipinski definition) is 2. The lowest BCUT2D eigenvalue weighted by Crippen LogP contribution is -2.34. The fraction of sp³-hybridized carbons (Fsp3) is 0.533. The quantitative estimate of drug-likeness (QED) is 0.772. The summed E-state index contributed by atoms with van der Waals surface area (Å²) in [5.74, 6) is -0.828. The number of carboxylic acid groups (broad SMARTS) is 1. The van der Waals surface area contributed by atoms with Crippen molar-refractivity contribution in [1.82, 2.24) is 4.72 Å². The molecule has 0 saturated heterocycles. The van der Waals surface area contributed by atoms with Crippen molar-refractivity contribution < 1.29 is 18.3 Å². The second kappa shape index (κ2) is 7.04. The Hall–Kier alpha value is -1.40. The summed E-state index contributed by atoms with van der Waals surface area (Å²) in [6.45, 7) is 6.03. The molecule has 0 aliphatic carbocycles. The molecule has 2 N–H and O–H groups in total. The van der Waals surface area contributed by atoms with Gasteiger partial charge in [-0.3, -0.25) is 4.79 Å². The monoisotopic (exact) mass is 313 g/mol. The second-order valence-electron chi connectivity index (χ2n) is 6.05. The van der Waals surface area contributed by atoms with Gasteiger partial charge in [0.15, 0.2) is 0 Å². The summed E-state index contributed by atoms with van der Waals surface area (Å²) in [7, 11) is -3.52. The number of sulfonamides is 1. The van der Waals surface area contributed by atoms with E-state index in [1.165, 1.54) is 0 Å². The summed E-state index contributed by atoms with van der Waals surface area (Å²) in [4.78, 5) is 10.7. The first-order valence-corrected chi connectivity index (χ1v) is 8.39. The average Bonchev–Trinajstić information content (AvgIpc) is 2.36. The standard InChI is InChI=1S/C15H23NO4S/c1-12-6-8-13(9-7-12)21(19,20)16-11-15(2,3)10-4-5-14(17)18/h6-9,16H,4-5,10-11H2,1-3H3,(H,17,18). The Morgan fingerprint density at radius 2 is 1.81 bits per heavy atom. The van der Waals surface area contributed by atoms with E-state index >= 15 is 0 Å². The molecule has 0 aliphatic rings. The van der Waals surface area contributed by atoms with Gasteiger partial charge in [0.25, 0.3) is 0 Å². The summed E-state index contributed by atoms with van der Waals surface area (Å²) in [5.41, 5.74) is 0.718. The number of nitrogens with one attached hydrogen (secondary N) is 1. The van der Waals surface area contributed by atoms with Gasteiger partial charge in [0.2, 0.25) is 10.0 Å². The smallest absolute Gasteiger partial charge is 0.303 e. The van der Waals surface area contributed by atoms with Crippen LogP contribution >= 0.6 is 0 Å². The molecule has 0 unspecified atom stereocenters. The van der Waals surface area contributed by atoms with E-state index in [1.807, 2.05) is 20.8 Å². The Labute approximate surface area is 126 Å². The van der Waals surface area contributed by atoms with Crippen LogP contribution in [0.25, 0.3) is 0 Å². The third-order valence-corrected chi connectivity index (χ3v) is 4.73. The summed E-state index contributed by atoms with van der Waals surface area (Å²) in [6, 6.07) is 6.67. The maximum absolute atomic E-state index is 12.2. The number of rotatable bonds is 8. The fourth-order valence-electron chi connectivity index (χ4n) is 1.90. The largest absolute Gasteiger partial charge is 0.481 e. The lowest BCUT2D eigenvalue weighted by atomic mass is 9.87. The van der Waals surface area contributed by atoms with Crippen LogP contribution in [0.5, 0.6) is 0 Å². The molecule has 1 aromatic rings. The minimum Gasteiger partial charge on any atom is -0.481 e. The SMILES string of the molecule is Cc1ccc(S(=O)(=O)NCC(C)(C)CCCC(=O)O)cc1. The van der Waals surface area contributed by atoms with Crippen molar-refractivity contribution in [3.63, 3.8) is 0 Å². The molecule has 21 heavy (non-hydrogen) atoms. The number of carbonyl (C=O) groups is 1. The van der Waals surface area contributed by atoms with Gasteiger partial charge >= 0.3 is 5.97 Å². The van der Waals surface area contributed by atoms with E-state index in [9.17, 15) is 13.2 Å². The minimum absolute atomic E-state index is 0.105. The first-order chi connectivity index (χ1) is 9.62. The van der Waals surface area contributed by atoms with Crippen LogP contribution in [-0.2, 0) is 14.8 Å². The van der Waals surface area contributed by atoms with Crippen molar-refractivity contribution in [2.75, 3.05) is 6.54 Å². The maximum Gasteiger partial charge on any atom is 0.303 e. The van der Waals surface area contributed by atoms with E-state index < -0.39 is 16.0 Å². The van der Waals surface area contributed by atoms with Gasteiger partial charge in [-0.15, -0.1) is 0 Å². The first-order valence-electron chi connectivity index (χ1n) is 6.90. The maximum atomic E-state index is 12.2. The van der Waals surface area contributed by atoms with Gasteiger partial charge < -0.3 is 5.11 Å². The van der Waals surface area contributed by atoms with Gasteiger partial charge in [0.05, 0.1) is 4.90 Å². The molecular formula is C15H23NO4S. The predicted molar refractivity (Wildman–Crippen MR) is 81.6 cm³/mol. The van der Waals surface area contributed by atoms with Crippen LogP contribution in [0.2, 0.25) is 0 Å². The molecular weight excluding hydrogens is 290 g/mol. The van der Waals surface area contributed by atoms with Gasteiger partial charge in [-0.05, 0) is 37.3 Å². The molecule has 0 aromatic heterocycles. The van der Waals surface area contributed by atoms with Crippen molar-refractivity contribution >= 4 is 16.0 Å². The van der Waals surface area contributed by atoms with E-state index in [2.05, 4.69) is 4.72 Å². The number of aryl methyl sites for hydroxylation is 1. The van der Waals surface area contributed by atoms with Gasteiger partial charge in [0.1, 0.15) is 0 Å². The lowest BCUT2D eigenvalue weighted by molar-refractivity contribution is -0.137. The Kier molecular flexibility index (Phi) is 5.92. The first kappa shape index (κ1) is 17.7. The van der Waals surface area contributed by atoms with Crippen molar-refractivity contribution in [1.29, 1.82) is 0 Å². The molecule has 1 aromatic carbocycles. The molecule has 0 spiro atoms. The third kappa shape index (κ3) is 6.27. The number of benzene rings is 1. The third-order valence-electron chi connectivity index (χ3n) is 3.32. The number of carboxylic acids is 1. The molecule has 0 amide bonds. The molecule has 0 fully saturated rings. The molecule has 0 heterocycles. The highest BCUT2D eigenvalue weighted by atomic mass is 32.2. The summed E-state index contributed by atoms with van der Waals surface area (Å²) in [6.07, 6.45) is 1.29. The molecule has 1 rings (SSSR count). The van der Waals surface area contributed by atoms with Crippen LogP contribution in [0.15, 0.2) is 29.2 Å². The molecule has 0 bridgehead atoms. The Balaban J connectivity index is 2.59. The second-order valence-corrected chi connectivity index (χ2v) is 7.82. The van der Waals surface area contributed by atoms with Crippen LogP contribution in [0.1, 0.15) is 38.7 Å². The molecule has 0 aliphatic heterocycles. The van der Waals surface area contributed by atoms with Crippen molar-refractivity contribution in [2.45, 2.75) is 44.9 Å². The van der Waals surface area contributed by atoms with Gasteiger partial charge in [0, 0.05) is 13.0 Å². The Bertz CT molecular complexity index is 576. The Morgan fingerprint density at radius 1 is 1.24 bits per heavy atom. The Morgan fingerprint density at radius 3 is 2.33 bits per heavy atom.